The second-order valence-corrected chi connectivity index (χ2v) is 10.7. The molecule has 4 rings (SSSR count). The van der Waals surface area contributed by atoms with Crippen molar-refractivity contribution in [1.82, 2.24) is 4.47 Å². The first-order chi connectivity index (χ1) is 13.6. The van der Waals surface area contributed by atoms with E-state index >= 15 is 0 Å². The van der Waals surface area contributed by atoms with Crippen molar-refractivity contribution in [2.45, 2.75) is 28.8 Å². The topological polar surface area (TPSA) is 46.6 Å². The van der Waals surface area contributed by atoms with Gasteiger partial charge in [-0.2, -0.15) is 0 Å². The monoisotopic (exact) mass is 459 g/mol. The van der Waals surface area contributed by atoms with E-state index in [1.54, 1.807) is 24.3 Å². The second kappa shape index (κ2) is 8.60. The van der Waals surface area contributed by atoms with Crippen molar-refractivity contribution in [3.05, 3.63) is 96.6 Å². The van der Waals surface area contributed by atoms with Gasteiger partial charge in [0.2, 0.25) is 0 Å². The van der Waals surface area contributed by atoms with E-state index in [1.165, 1.54) is 8.93 Å². The molecule has 0 bridgehead atoms. The Morgan fingerprint density at radius 2 is 1.43 bits per heavy atom. The molecule has 0 N–H and O–H groups in total. The summed E-state index contributed by atoms with van der Waals surface area (Å²) < 4.78 is 29.0. The average Bonchev–Trinajstić information content (AvgIpc) is 3.19. The fourth-order valence-corrected chi connectivity index (χ4v) is 7.04. The van der Waals surface area contributed by atoms with Crippen LogP contribution in [0.25, 0.3) is 0 Å². The molecule has 2 unspecified atom stereocenters. The normalized spacial score (nSPS) is 20.3. The van der Waals surface area contributed by atoms with Crippen LogP contribution in [0, 0.1) is 0 Å². The zero-order valence-electron chi connectivity index (χ0n) is 15.2. The van der Waals surface area contributed by atoms with E-state index in [-0.39, 0.29) is 32.0 Å². The summed E-state index contributed by atoms with van der Waals surface area (Å²) in [6.07, 6.45) is 0.404. The van der Waals surface area contributed by atoms with Gasteiger partial charge >= 0.3 is 173 Å². The minimum atomic E-state index is -3.71. The molecule has 4 nitrogen and oxygen atoms in total. The number of hydrogen-bond acceptors (Lipinski definition) is 3. The Bertz CT molecular complexity index is 998. The van der Waals surface area contributed by atoms with Crippen molar-refractivity contribution in [1.29, 1.82) is 0 Å². The average molecular weight is 458 g/mol. The zero-order valence-corrected chi connectivity index (χ0v) is 17.7. The van der Waals surface area contributed by atoms with Crippen LogP contribution in [0.2, 0.25) is 5.32 Å². The van der Waals surface area contributed by atoms with Crippen molar-refractivity contribution in [3.63, 3.8) is 0 Å². The van der Waals surface area contributed by atoms with Crippen LogP contribution in [-0.2, 0) is 14.9 Å². The van der Waals surface area contributed by atoms with Crippen LogP contribution >= 0.6 is 0 Å². The maximum atomic E-state index is 13.2. The summed E-state index contributed by atoms with van der Waals surface area (Å²) in [6.45, 7) is 0. The summed E-state index contributed by atoms with van der Waals surface area (Å²) in [5.74, 6) is 0. The van der Waals surface area contributed by atoms with Gasteiger partial charge in [0.15, 0.2) is 0 Å². The van der Waals surface area contributed by atoms with Crippen molar-refractivity contribution in [2.24, 2.45) is 0 Å². The van der Waals surface area contributed by atoms with Crippen LogP contribution in [0.15, 0.2) is 95.9 Å². The van der Waals surface area contributed by atoms with E-state index in [1.807, 2.05) is 54.6 Å². The molecular weight excluding hydrogens is 437 g/mol. The number of benzene rings is 3. The Morgan fingerprint density at radius 1 is 0.857 bits per heavy atom. The molecule has 0 spiro atoms. The van der Waals surface area contributed by atoms with Gasteiger partial charge in [-0.15, -0.1) is 0 Å². The number of nitrogens with zero attached hydrogens (tertiary/aromatic N) is 1. The summed E-state index contributed by atoms with van der Waals surface area (Å²) in [5.41, 5.74) is 1.01. The van der Waals surface area contributed by atoms with Crippen molar-refractivity contribution >= 4 is 29.4 Å². The second-order valence-electron chi connectivity index (χ2n) is 6.59. The molecule has 0 aliphatic carbocycles. The molecule has 3 aromatic rings. The summed E-state index contributed by atoms with van der Waals surface area (Å²) >= 11 is 0.172. The molecule has 2 atom stereocenters. The molecule has 1 aliphatic heterocycles. The molecule has 28 heavy (non-hydrogen) atoms. The van der Waals surface area contributed by atoms with E-state index in [4.69, 9.17) is 4.84 Å². The Labute approximate surface area is 172 Å². The molecule has 0 amide bonds. The molecule has 1 heterocycles. The fraction of sp³-hybridized carbons (Fsp3) is 0.182. The number of hydrogen-bond donors (Lipinski definition) is 0. The van der Waals surface area contributed by atoms with E-state index in [0.717, 1.165) is 10.9 Å². The summed E-state index contributed by atoms with van der Waals surface area (Å²) in [5, 5.41) is 0.770. The van der Waals surface area contributed by atoms with Gasteiger partial charge in [-0.05, 0) is 0 Å². The van der Waals surface area contributed by atoms with Crippen LogP contribution in [0.1, 0.15) is 18.1 Å². The zero-order chi connectivity index (χ0) is 19.4. The quantitative estimate of drug-likeness (QED) is 0.531. The van der Waals surface area contributed by atoms with Gasteiger partial charge in [-0.3, -0.25) is 0 Å². The van der Waals surface area contributed by atoms with Crippen molar-refractivity contribution in [2.75, 3.05) is 0 Å². The third-order valence-corrected chi connectivity index (χ3v) is 8.80. The van der Waals surface area contributed by atoms with Crippen LogP contribution < -0.4 is 4.46 Å². The predicted molar refractivity (Wildman–Crippen MR) is 111 cm³/mol. The Kier molecular flexibility index (Phi) is 5.95. The number of sulfonamides is 1. The van der Waals surface area contributed by atoms with E-state index in [2.05, 4.69) is 12.1 Å². The third kappa shape index (κ3) is 4.22. The summed E-state index contributed by atoms with van der Waals surface area (Å²) in [6, 6.07) is 28.4. The SMILES string of the molecule is O=S(=O)(c1ccccc1)N1OC(c2ccccc2)CC1C[Se]c1ccccc1. The molecule has 3 aromatic carbocycles. The molecule has 0 aromatic heterocycles. The molecule has 6 heteroatoms. The van der Waals surface area contributed by atoms with Gasteiger partial charge in [0.25, 0.3) is 0 Å². The minimum absolute atomic E-state index is 0.172. The van der Waals surface area contributed by atoms with E-state index in [9.17, 15) is 8.42 Å². The van der Waals surface area contributed by atoms with Gasteiger partial charge in [0, 0.05) is 0 Å². The first-order valence-corrected chi connectivity index (χ1v) is 12.6. The van der Waals surface area contributed by atoms with Crippen LogP contribution in [-0.4, -0.2) is 33.9 Å². The molecular formula is C22H21NO3SSe. The summed E-state index contributed by atoms with van der Waals surface area (Å²) in [7, 11) is -3.71. The van der Waals surface area contributed by atoms with Crippen molar-refractivity contribution < 1.29 is 13.3 Å². The van der Waals surface area contributed by atoms with Crippen molar-refractivity contribution in [3.8, 4) is 0 Å². The molecule has 1 saturated heterocycles. The fourth-order valence-electron chi connectivity index (χ4n) is 3.24. The van der Waals surface area contributed by atoms with Crippen LogP contribution in [0.3, 0.4) is 0 Å². The van der Waals surface area contributed by atoms with Gasteiger partial charge in [-0.25, -0.2) is 0 Å². The Morgan fingerprint density at radius 3 is 2.07 bits per heavy atom. The molecule has 144 valence electrons. The van der Waals surface area contributed by atoms with Gasteiger partial charge in [0.05, 0.1) is 0 Å². The van der Waals surface area contributed by atoms with Gasteiger partial charge < -0.3 is 0 Å². The number of hydroxylamine groups is 1. The first kappa shape index (κ1) is 19.4. The third-order valence-electron chi connectivity index (χ3n) is 4.65. The summed E-state index contributed by atoms with van der Waals surface area (Å²) in [4.78, 5) is 6.29. The maximum absolute atomic E-state index is 13.2. The van der Waals surface area contributed by atoms with Gasteiger partial charge in [0.1, 0.15) is 0 Å². The Balaban J connectivity index is 1.60. The number of rotatable bonds is 6. The van der Waals surface area contributed by atoms with E-state index in [0.29, 0.717) is 6.42 Å². The van der Waals surface area contributed by atoms with E-state index < -0.39 is 10.0 Å². The molecule has 1 fully saturated rings. The van der Waals surface area contributed by atoms with Crippen LogP contribution in [0.5, 0.6) is 0 Å². The standard InChI is InChI=1S/C22H21NO3SSe/c24-27(25,20-12-6-2-7-13-20)23-19(17-28-21-14-8-3-9-15-21)16-22(26-23)18-10-4-1-5-11-18/h1-15,19,22H,16-17H2. The predicted octanol–water partition coefficient (Wildman–Crippen LogP) is 3.57. The molecule has 0 saturated carbocycles. The molecule has 1 aliphatic rings. The van der Waals surface area contributed by atoms with Crippen LogP contribution in [0.4, 0.5) is 0 Å². The molecule has 0 radical (unpaired) electrons. The first-order valence-electron chi connectivity index (χ1n) is 9.13. The Hall–Kier alpha value is -1.95. The van der Waals surface area contributed by atoms with Gasteiger partial charge in [-0.1, -0.05) is 0 Å².